The number of benzene rings is 1. The molecule has 0 saturated carbocycles. The Morgan fingerprint density at radius 1 is 1.29 bits per heavy atom. The monoisotopic (exact) mass is 202 g/mol. The van der Waals surface area contributed by atoms with Crippen molar-refractivity contribution in [3.8, 4) is 12.3 Å². The molecule has 1 heteroatoms. The van der Waals surface area contributed by atoms with Crippen molar-refractivity contribution in [2.75, 3.05) is 0 Å². The average Bonchev–Trinajstić information content (AvgIpc) is 2.15. The van der Waals surface area contributed by atoms with E-state index in [1.807, 2.05) is 0 Å². The fourth-order valence-corrected chi connectivity index (χ4v) is 4.59. The molecule has 0 fully saturated rings. The zero-order valence-corrected chi connectivity index (χ0v) is 10.3. The maximum absolute atomic E-state index is 5.32. The molecule has 0 N–H and O–H groups in total. The third kappa shape index (κ3) is 2.49. The van der Waals surface area contributed by atoms with Crippen LogP contribution < -0.4 is 5.19 Å². The van der Waals surface area contributed by atoms with Crippen LogP contribution in [-0.2, 0) is 0 Å². The van der Waals surface area contributed by atoms with E-state index in [2.05, 4.69) is 50.2 Å². The van der Waals surface area contributed by atoms with E-state index in [1.165, 1.54) is 11.6 Å². The van der Waals surface area contributed by atoms with E-state index in [0.717, 1.165) is 6.42 Å². The lowest BCUT2D eigenvalue weighted by Gasteiger charge is -2.23. The van der Waals surface area contributed by atoms with Gasteiger partial charge < -0.3 is 0 Å². The molecule has 0 heterocycles. The molecular weight excluding hydrogens is 184 g/mol. The Bertz CT molecular complexity index is 344. The molecule has 0 bridgehead atoms. The zero-order chi connectivity index (χ0) is 10.6. The smallest absolute Gasteiger partial charge is 0.0819 e. The maximum Gasteiger partial charge on any atom is 0.0819 e. The Balaban J connectivity index is 2.92. The molecule has 0 aliphatic heterocycles. The highest BCUT2D eigenvalue weighted by Gasteiger charge is 2.23. The minimum atomic E-state index is -1.29. The molecule has 0 unspecified atom stereocenters. The third-order valence-corrected chi connectivity index (χ3v) is 6.29. The largest absolute Gasteiger partial charge is 0.120 e. The fraction of sp³-hybridized carbons (Fsp3) is 0.385. The summed E-state index contributed by atoms with van der Waals surface area (Å²) in [6.07, 6.45) is 6.23. The van der Waals surface area contributed by atoms with Gasteiger partial charge in [0.1, 0.15) is 0 Å². The SMILES string of the molecule is C#CCC[Si](C)(C)c1ccccc1C. The van der Waals surface area contributed by atoms with Gasteiger partial charge in [0.15, 0.2) is 0 Å². The summed E-state index contributed by atoms with van der Waals surface area (Å²) >= 11 is 0. The number of hydrogen-bond acceptors (Lipinski definition) is 0. The topological polar surface area (TPSA) is 0 Å². The number of aryl methyl sites for hydroxylation is 1. The molecule has 1 aromatic rings. The van der Waals surface area contributed by atoms with Crippen LogP contribution in [-0.4, -0.2) is 8.07 Å². The summed E-state index contributed by atoms with van der Waals surface area (Å²) in [5.74, 6) is 2.75. The molecular formula is C13H18Si. The van der Waals surface area contributed by atoms with E-state index in [4.69, 9.17) is 6.42 Å². The molecule has 0 aromatic heterocycles. The van der Waals surface area contributed by atoms with Gasteiger partial charge in [0.25, 0.3) is 0 Å². The molecule has 1 rings (SSSR count). The molecule has 1 aromatic carbocycles. The highest BCUT2D eigenvalue weighted by atomic mass is 28.3. The van der Waals surface area contributed by atoms with E-state index >= 15 is 0 Å². The lowest BCUT2D eigenvalue weighted by Crippen LogP contribution is -2.42. The van der Waals surface area contributed by atoms with Gasteiger partial charge in [0.2, 0.25) is 0 Å². The standard InChI is InChI=1S/C13H18Si/c1-5-6-11-14(3,4)13-10-8-7-9-12(13)2/h1,7-10H,6,11H2,2-4H3. The minimum Gasteiger partial charge on any atom is -0.120 e. The first-order valence-electron chi connectivity index (χ1n) is 5.07. The van der Waals surface area contributed by atoms with E-state index in [9.17, 15) is 0 Å². The summed E-state index contributed by atoms with van der Waals surface area (Å²) in [6, 6.07) is 9.88. The first-order valence-corrected chi connectivity index (χ1v) is 8.28. The Hall–Kier alpha value is -1.00. The second-order valence-corrected chi connectivity index (χ2v) is 9.21. The zero-order valence-electron chi connectivity index (χ0n) is 9.30. The predicted octanol–water partition coefficient (Wildman–Crippen LogP) is 2.93. The van der Waals surface area contributed by atoms with Crippen molar-refractivity contribution in [2.24, 2.45) is 0 Å². The maximum atomic E-state index is 5.32. The first-order chi connectivity index (χ1) is 6.58. The summed E-state index contributed by atoms with van der Waals surface area (Å²) < 4.78 is 0. The van der Waals surface area contributed by atoms with E-state index < -0.39 is 8.07 Å². The van der Waals surface area contributed by atoms with Crippen LogP contribution in [0.25, 0.3) is 0 Å². The van der Waals surface area contributed by atoms with Crippen LogP contribution in [0.5, 0.6) is 0 Å². The van der Waals surface area contributed by atoms with Crippen molar-refractivity contribution in [3.63, 3.8) is 0 Å². The lowest BCUT2D eigenvalue weighted by atomic mass is 10.2. The van der Waals surface area contributed by atoms with E-state index in [0.29, 0.717) is 0 Å². The Morgan fingerprint density at radius 2 is 1.93 bits per heavy atom. The summed E-state index contributed by atoms with van der Waals surface area (Å²) in [4.78, 5) is 0. The van der Waals surface area contributed by atoms with Crippen LogP contribution in [0.4, 0.5) is 0 Å². The van der Waals surface area contributed by atoms with Gasteiger partial charge in [-0.3, -0.25) is 0 Å². The number of terminal acetylenes is 1. The summed E-state index contributed by atoms with van der Waals surface area (Å²) in [5, 5.41) is 1.55. The molecule has 14 heavy (non-hydrogen) atoms. The van der Waals surface area contributed by atoms with E-state index in [-0.39, 0.29) is 0 Å². The van der Waals surface area contributed by atoms with Crippen molar-refractivity contribution in [1.29, 1.82) is 0 Å². The van der Waals surface area contributed by atoms with Crippen molar-refractivity contribution in [1.82, 2.24) is 0 Å². The number of hydrogen-bond donors (Lipinski definition) is 0. The first kappa shape index (κ1) is 11.1. The molecule has 0 aliphatic carbocycles. The molecule has 0 spiro atoms. The predicted molar refractivity (Wildman–Crippen MR) is 66.6 cm³/mol. The van der Waals surface area contributed by atoms with Crippen molar-refractivity contribution < 1.29 is 0 Å². The number of rotatable bonds is 3. The van der Waals surface area contributed by atoms with Gasteiger partial charge in [-0.05, 0) is 13.0 Å². The molecule has 0 aliphatic rings. The molecule has 0 saturated heterocycles. The van der Waals surface area contributed by atoms with Gasteiger partial charge in [0.05, 0.1) is 8.07 Å². The molecule has 0 atom stereocenters. The van der Waals surface area contributed by atoms with Gasteiger partial charge in [-0.1, -0.05) is 48.1 Å². The molecule has 0 radical (unpaired) electrons. The van der Waals surface area contributed by atoms with Crippen LogP contribution >= 0.6 is 0 Å². The molecule has 74 valence electrons. The van der Waals surface area contributed by atoms with Crippen LogP contribution in [0, 0.1) is 19.3 Å². The van der Waals surface area contributed by atoms with Crippen molar-refractivity contribution in [3.05, 3.63) is 29.8 Å². The lowest BCUT2D eigenvalue weighted by molar-refractivity contribution is 1.21. The van der Waals surface area contributed by atoms with Crippen LogP contribution in [0.1, 0.15) is 12.0 Å². The Labute approximate surface area is 88.4 Å². The Kier molecular flexibility index (Phi) is 3.54. The third-order valence-electron chi connectivity index (χ3n) is 2.77. The second-order valence-electron chi connectivity index (χ2n) is 4.40. The van der Waals surface area contributed by atoms with Gasteiger partial charge in [-0.2, -0.15) is 0 Å². The highest BCUT2D eigenvalue weighted by molar-refractivity contribution is 6.90. The average molecular weight is 202 g/mol. The van der Waals surface area contributed by atoms with Crippen LogP contribution in [0.15, 0.2) is 24.3 Å². The fourth-order valence-electron chi connectivity index (χ4n) is 1.85. The Morgan fingerprint density at radius 3 is 2.50 bits per heavy atom. The van der Waals surface area contributed by atoms with Gasteiger partial charge in [-0.25, -0.2) is 0 Å². The molecule has 0 amide bonds. The summed E-state index contributed by atoms with van der Waals surface area (Å²) in [5.41, 5.74) is 1.42. The molecule has 0 nitrogen and oxygen atoms in total. The minimum absolute atomic E-state index is 0.910. The van der Waals surface area contributed by atoms with Crippen LogP contribution in [0.3, 0.4) is 0 Å². The summed E-state index contributed by atoms with van der Waals surface area (Å²) in [7, 11) is -1.29. The van der Waals surface area contributed by atoms with Crippen molar-refractivity contribution >= 4 is 13.3 Å². The second kappa shape index (κ2) is 4.48. The quantitative estimate of drug-likeness (QED) is 0.522. The van der Waals surface area contributed by atoms with Gasteiger partial charge in [0, 0.05) is 6.42 Å². The van der Waals surface area contributed by atoms with Gasteiger partial charge in [-0.15, -0.1) is 12.3 Å². The van der Waals surface area contributed by atoms with Crippen molar-refractivity contribution in [2.45, 2.75) is 32.5 Å². The highest BCUT2D eigenvalue weighted by Crippen LogP contribution is 2.13. The van der Waals surface area contributed by atoms with E-state index in [1.54, 1.807) is 5.19 Å². The van der Waals surface area contributed by atoms with Crippen LogP contribution in [0.2, 0.25) is 19.1 Å². The summed E-state index contributed by atoms with van der Waals surface area (Å²) in [6.45, 7) is 6.99. The van der Waals surface area contributed by atoms with Gasteiger partial charge >= 0.3 is 0 Å². The normalized spacial score (nSPS) is 11.0.